The molecule has 0 spiro atoms. The maximum atomic E-state index is 12.8. The van der Waals surface area contributed by atoms with E-state index in [2.05, 4.69) is 4.74 Å². The van der Waals surface area contributed by atoms with Crippen LogP contribution in [0.25, 0.3) is 0 Å². The smallest absolute Gasteiger partial charge is 0.413 e. The summed E-state index contributed by atoms with van der Waals surface area (Å²) in [6.45, 7) is 0.519. The van der Waals surface area contributed by atoms with Crippen LogP contribution in [0.2, 0.25) is 0 Å². The maximum Gasteiger partial charge on any atom is 0.413 e. The van der Waals surface area contributed by atoms with Gasteiger partial charge in [0.25, 0.3) is 0 Å². The van der Waals surface area contributed by atoms with Crippen molar-refractivity contribution in [2.45, 2.75) is 19.3 Å². The van der Waals surface area contributed by atoms with Crippen molar-refractivity contribution < 1.29 is 42.9 Å². The molecule has 2 rings (SSSR count). The number of hydrogen-bond acceptors (Lipinski definition) is 9. The first kappa shape index (κ1) is 25.2. The zero-order valence-electron chi connectivity index (χ0n) is 18.7. The fourth-order valence-corrected chi connectivity index (χ4v) is 2.79. The number of Topliss-reactive ketones (excluding diaryl/α,β-unsaturated/α-hetero) is 1. The third-order valence-electron chi connectivity index (χ3n) is 4.57. The molecule has 0 aliphatic rings. The normalized spacial score (nSPS) is 12.0. The van der Waals surface area contributed by atoms with Crippen molar-refractivity contribution in [1.82, 2.24) is 4.90 Å². The van der Waals surface area contributed by atoms with E-state index in [0.717, 1.165) is 14.0 Å². The summed E-state index contributed by atoms with van der Waals surface area (Å²) in [5.41, 5.74) is -1.82. The Labute approximate surface area is 190 Å². The second-order valence-electron chi connectivity index (χ2n) is 6.70. The SMILES string of the molecule is COC(=O)COc1ccccc1OC(C(C)=O)(C(=O)OC)N(C)C(=O)OCc1ccccc1. The van der Waals surface area contributed by atoms with Crippen LogP contribution in [-0.4, -0.2) is 62.3 Å². The summed E-state index contributed by atoms with van der Waals surface area (Å²) in [4.78, 5) is 50.5. The number of likely N-dealkylation sites (N-methyl/N-ethyl adjacent to an activating group) is 1. The number of amides is 1. The van der Waals surface area contributed by atoms with E-state index in [0.29, 0.717) is 10.5 Å². The van der Waals surface area contributed by atoms with Gasteiger partial charge in [0, 0.05) is 14.0 Å². The van der Waals surface area contributed by atoms with E-state index < -0.39 is 36.1 Å². The Morgan fingerprint density at radius 1 is 0.879 bits per heavy atom. The van der Waals surface area contributed by atoms with E-state index in [1.54, 1.807) is 36.4 Å². The summed E-state index contributed by atoms with van der Waals surface area (Å²) in [5, 5.41) is 0. The highest BCUT2D eigenvalue weighted by atomic mass is 16.6. The van der Waals surface area contributed by atoms with Gasteiger partial charge in [-0.2, -0.15) is 0 Å². The van der Waals surface area contributed by atoms with Gasteiger partial charge in [-0.25, -0.2) is 14.4 Å². The van der Waals surface area contributed by atoms with Crippen molar-refractivity contribution in [3.8, 4) is 11.5 Å². The lowest BCUT2D eigenvalue weighted by molar-refractivity contribution is -0.179. The van der Waals surface area contributed by atoms with Gasteiger partial charge in [0.2, 0.25) is 5.78 Å². The molecular weight excluding hydrogens is 434 g/mol. The molecule has 10 nitrogen and oxygen atoms in total. The van der Waals surface area contributed by atoms with Crippen molar-refractivity contribution in [2.24, 2.45) is 0 Å². The molecule has 0 N–H and O–H groups in total. The van der Waals surface area contributed by atoms with Crippen molar-refractivity contribution in [3.63, 3.8) is 0 Å². The third kappa shape index (κ3) is 6.00. The van der Waals surface area contributed by atoms with Gasteiger partial charge in [0.05, 0.1) is 14.2 Å². The quantitative estimate of drug-likeness (QED) is 0.228. The molecule has 1 amide bonds. The third-order valence-corrected chi connectivity index (χ3v) is 4.57. The Kier molecular flexibility index (Phi) is 8.79. The van der Waals surface area contributed by atoms with Crippen LogP contribution in [0.3, 0.4) is 0 Å². The maximum absolute atomic E-state index is 12.8. The molecule has 0 saturated carbocycles. The average Bonchev–Trinajstić information content (AvgIpc) is 2.84. The van der Waals surface area contributed by atoms with Crippen LogP contribution < -0.4 is 9.47 Å². The molecule has 10 heteroatoms. The number of ether oxygens (including phenoxy) is 5. The fourth-order valence-electron chi connectivity index (χ4n) is 2.79. The van der Waals surface area contributed by atoms with Gasteiger partial charge in [0.1, 0.15) is 6.61 Å². The van der Waals surface area contributed by atoms with Gasteiger partial charge < -0.3 is 23.7 Å². The molecule has 2 aromatic carbocycles. The highest BCUT2D eigenvalue weighted by molar-refractivity contribution is 6.08. The van der Waals surface area contributed by atoms with Gasteiger partial charge in [-0.05, 0) is 17.7 Å². The molecule has 1 atom stereocenters. The van der Waals surface area contributed by atoms with Crippen LogP contribution in [0.1, 0.15) is 12.5 Å². The molecule has 0 aliphatic heterocycles. The van der Waals surface area contributed by atoms with E-state index in [-0.39, 0.29) is 18.1 Å². The minimum atomic E-state index is -2.52. The van der Waals surface area contributed by atoms with E-state index in [4.69, 9.17) is 18.9 Å². The monoisotopic (exact) mass is 459 g/mol. The molecule has 2 aromatic rings. The van der Waals surface area contributed by atoms with E-state index >= 15 is 0 Å². The Bertz CT molecular complexity index is 992. The van der Waals surface area contributed by atoms with E-state index in [1.807, 2.05) is 6.07 Å². The van der Waals surface area contributed by atoms with Gasteiger partial charge in [-0.1, -0.05) is 42.5 Å². The minimum absolute atomic E-state index is 0.0310. The predicted octanol–water partition coefficient (Wildman–Crippen LogP) is 2.34. The number of nitrogens with zero attached hydrogens (tertiary/aromatic N) is 1. The second kappa shape index (κ2) is 11.5. The number of benzene rings is 2. The largest absolute Gasteiger partial charge is 0.478 e. The number of carbonyl (C=O) groups is 4. The van der Waals surface area contributed by atoms with Crippen LogP contribution >= 0.6 is 0 Å². The number of methoxy groups -OCH3 is 2. The minimum Gasteiger partial charge on any atom is -0.478 e. The first-order chi connectivity index (χ1) is 15.8. The van der Waals surface area contributed by atoms with Gasteiger partial charge >= 0.3 is 23.8 Å². The molecular formula is C23H25NO9. The van der Waals surface area contributed by atoms with Gasteiger partial charge in [0.15, 0.2) is 18.1 Å². The number of esters is 2. The van der Waals surface area contributed by atoms with Crippen molar-refractivity contribution in [2.75, 3.05) is 27.9 Å². The summed E-state index contributed by atoms with van der Waals surface area (Å²) < 4.78 is 25.7. The summed E-state index contributed by atoms with van der Waals surface area (Å²) in [7, 11) is 3.41. The predicted molar refractivity (Wildman–Crippen MR) is 114 cm³/mol. The lowest BCUT2D eigenvalue weighted by Gasteiger charge is -2.36. The molecule has 0 aliphatic carbocycles. The fraction of sp³-hybridized carbons (Fsp3) is 0.304. The first-order valence-electron chi connectivity index (χ1n) is 9.77. The van der Waals surface area contributed by atoms with Crippen LogP contribution in [-0.2, 0) is 35.2 Å². The zero-order chi connectivity index (χ0) is 24.4. The summed E-state index contributed by atoms with van der Waals surface area (Å²) >= 11 is 0. The Morgan fingerprint density at radius 2 is 1.48 bits per heavy atom. The van der Waals surface area contributed by atoms with Crippen LogP contribution in [0, 0.1) is 0 Å². The molecule has 0 saturated heterocycles. The Hall–Kier alpha value is -4.08. The van der Waals surface area contributed by atoms with Crippen LogP contribution in [0.5, 0.6) is 11.5 Å². The number of rotatable bonds is 10. The Balaban J connectivity index is 2.36. The Morgan fingerprint density at radius 3 is 2.06 bits per heavy atom. The lowest BCUT2D eigenvalue weighted by Crippen LogP contribution is -2.64. The molecule has 176 valence electrons. The van der Waals surface area contributed by atoms with Crippen LogP contribution in [0.4, 0.5) is 4.79 Å². The molecule has 0 bridgehead atoms. The first-order valence-corrected chi connectivity index (χ1v) is 9.77. The number of carbonyl (C=O) groups excluding carboxylic acids is 4. The summed E-state index contributed by atoms with van der Waals surface area (Å²) in [6, 6.07) is 14.8. The molecule has 0 radical (unpaired) electrons. The average molecular weight is 459 g/mol. The zero-order valence-corrected chi connectivity index (χ0v) is 18.7. The van der Waals surface area contributed by atoms with Gasteiger partial charge in [-0.3, -0.25) is 9.69 Å². The van der Waals surface area contributed by atoms with Crippen molar-refractivity contribution >= 4 is 23.8 Å². The van der Waals surface area contributed by atoms with Gasteiger partial charge in [-0.15, -0.1) is 0 Å². The molecule has 33 heavy (non-hydrogen) atoms. The highest BCUT2D eigenvalue weighted by Gasteiger charge is 2.55. The molecule has 0 aromatic heterocycles. The molecule has 0 heterocycles. The second-order valence-corrected chi connectivity index (χ2v) is 6.70. The molecule has 0 fully saturated rings. The van der Waals surface area contributed by atoms with Crippen molar-refractivity contribution in [1.29, 1.82) is 0 Å². The molecule has 1 unspecified atom stereocenters. The lowest BCUT2D eigenvalue weighted by atomic mass is 10.1. The van der Waals surface area contributed by atoms with E-state index in [1.165, 1.54) is 26.3 Å². The van der Waals surface area contributed by atoms with E-state index in [9.17, 15) is 19.2 Å². The van der Waals surface area contributed by atoms with Crippen LogP contribution in [0.15, 0.2) is 54.6 Å². The standard InChI is InChI=1S/C23H25NO9/c1-16(25)23(21(27)30-4,24(2)22(28)32-14-17-10-6-5-7-11-17)33-19-13-9-8-12-18(19)31-15-20(26)29-3/h5-13H,14-15H2,1-4H3. The summed E-state index contributed by atoms with van der Waals surface area (Å²) in [6.07, 6.45) is -1.01. The highest BCUT2D eigenvalue weighted by Crippen LogP contribution is 2.32. The number of hydrogen-bond donors (Lipinski definition) is 0. The van der Waals surface area contributed by atoms with Crippen molar-refractivity contribution in [3.05, 3.63) is 60.2 Å². The topological polar surface area (TPSA) is 118 Å². The number of ketones is 1. The number of para-hydroxylation sites is 2. The summed E-state index contributed by atoms with van der Waals surface area (Å²) in [5.74, 6) is -2.72.